The SMILES string of the molecule is COc1ccc(C(=O)N2CCC(Nc3ccccc3C(C)C)c3ccccc32)cc1OC.Cl. The van der Waals surface area contributed by atoms with Crippen LogP contribution in [0.15, 0.2) is 66.7 Å². The molecule has 0 aliphatic carbocycles. The van der Waals surface area contributed by atoms with E-state index in [2.05, 4.69) is 49.5 Å². The highest BCUT2D eigenvalue weighted by molar-refractivity contribution is 6.07. The zero-order valence-corrected chi connectivity index (χ0v) is 20.3. The van der Waals surface area contributed by atoms with Crippen LogP contribution in [0.25, 0.3) is 0 Å². The number of rotatable bonds is 6. The number of para-hydroxylation sites is 2. The Morgan fingerprint density at radius 2 is 1.67 bits per heavy atom. The molecular weight excluding hydrogens is 436 g/mol. The van der Waals surface area contributed by atoms with Crippen molar-refractivity contribution in [2.75, 3.05) is 31.0 Å². The first-order valence-electron chi connectivity index (χ1n) is 11.0. The van der Waals surface area contributed by atoms with Crippen molar-refractivity contribution in [2.45, 2.75) is 32.2 Å². The largest absolute Gasteiger partial charge is 0.493 e. The van der Waals surface area contributed by atoms with Crippen molar-refractivity contribution >= 4 is 29.7 Å². The van der Waals surface area contributed by atoms with Crippen LogP contribution in [-0.2, 0) is 0 Å². The van der Waals surface area contributed by atoms with Gasteiger partial charge in [-0.05, 0) is 53.8 Å². The van der Waals surface area contributed by atoms with Gasteiger partial charge in [-0.2, -0.15) is 0 Å². The zero-order valence-electron chi connectivity index (χ0n) is 19.5. The molecule has 174 valence electrons. The summed E-state index contributed by atoms with van der Waals surface area (Å²) < 4.78 is 10.7. The summed E-state index contributed by atoms with van der Waals surface area (Å²) >= 11 is 0. The molecule has 1 heterocycles. The molecule has 3 aromatic rings. The molecule has 1 aliphatic rings. The van der Waals surface area contributed by atoms with Gasteiger partial charge in [-0.15, -0.1) is 12.4 Å². The molecular formula is C27H31ClN2O3. The lowest BCUT2D eigenvalue weighted by atomic mass is 9.94. The van der Waals surface area contributed by atoms with Crippen LogP contribution in [0.4, 0.5) is 11.4 Å². The van der Waals surface area contributed by atoms with Gasteiger partial charge < -0.3 is 19.7 Å². The van der Waals surface area contributed by atoms with Crippen molar-refractivity contribution in [1.82, 2.24) is 0 Å². The highest BCUT2D eigenvalue weighted by Gasteiger charge is 2.30. The van der Waals surface area contributed by atoms with Gasteiger partial charge in [0.05, 0.1) is 20.3 Å². The van der Waals surface area contributed by atoms with Gasteiger partial charge in [-0.3, -0.25) is 4.79 Å². The summed E-state index contributed by atoms with van der Waals surface area (Å²) in [4.78, 5) is 15.3. The van der Waals surface area contributed by atoms with E-state index in [1.54, 1.807) is 32.4 Å². The summed E-state index contributed by atoms with van der Waals surface area (Å²) in [6.07, 6.45) is 0.822. The van der Waals surface area contributed by atoms with Crippen LogP contribution in [0.3, 0.4) is 0 Å². The first-order valence-corrected chi connectivity index (χ1v) is 11.0. The van der Waals surface area contributed by atoms with Gasteiger partial charge in [0.15, 0.2) is 11.5 Å². The van der Waals surface area contributed by atoms with Gasteiger partial charge in [0, 0.05) is 23.5 Å². The van der Waals surface area contributed by atoms with Crippen LogP contribution in [-0.4, -0.2) is 26.7 Å². The predicted molar refractivity (Wildman–Crippen MR) is 136 cm³/mol. The summed E-state index contributed by atoms with van der Waals surface area (Å²) in [6, 6.07) is 22.1. The van der Waals surface area contributed by atoms with E-state index in [1.165, 1.54) is 5.56 Å². The number of benzene rings is 3. The number of nitrogens with one attached hydrogen (secondary N) is 1. The molecule has 0 bridgehead atoms. The average molecular weight is 467 g/mol. The van der Waals surface area contributed by atoms with Gasteiger partial charge >= 0.3 is 0 Å². The van der Waals surface area contributed by atoms with E-state index in [0.29, 0.717) is 29.5 Å². The maximum atomic E-state index is 13.4. The monoisotopic (exact) mass is 466 g/mol. The fourth-order valence-corrected chi connectivity index (χ4v) is 4.37. The molecule has 0 saturated heterocycles. The molecule has 4 rings (SSSR count). The number of ether oxygens (including phenoxy) is 2. The van der Waals surface area contributed by atoms with Crippen molar-refractivity contribution in [1.29, 1.82) is 0 Å². The lowest BCUT2D eigenvalue weighted by Crippen LogP contribution is -2.38. The van der Waals surface area contributed by atoms with Crippen molar-refractivity contribution in [2.24, 2.45) is 0 Å². The minimum absolute atomic E-state index is 0. The van der Waals surface area contributed by atoms with E-state index >= 15 is 0 Å². The van der Waals surface area contributed by atoms with Crippen molar-refractivity contribution in [3.05, 3.63) is 83.4 Å². The number of halogens is 1. The number of anilines is 2. The third-order valence-electron chi connectivity index (χ3n) is 6.03. The van der Waals surface area contributed by atoms with E-state index in [-0.39, 0.29) is 24.4 Å². The second kappa shape index (κ2) is 10.6. The fraction of sp³-hybridized carbons (Fsp3) is 0.296. The number of nitrogens with zero attached hydrogens (tertiary/aromatic N) is 1. The van der Waals surface area contributed by atoms with Crippen molar-refractivity contribution < 1.29 is 14.3 Å². The van der Waals surface area contributed by atoms with Crippen LogP contribution in [0.5, 0.6) is 11.5 Å². The molecule has 5 nitrogen and oxygen atoms in total. The van der Waals surface area contributed by atoms with Gasteiger partial charge in [0.1, 0.15) is 0 Å². The van der Waals surface area contributed by atoms with Crippen LogP contribution in [0, 0.1) is 0 Å². The molecule has 0 saturated carbocycles. The molecule has 1 aliphatic heterocycles. The summed E-state index contributed by atoms with van der Waals surface area (Å²) in [5.41, 5.74) is 5.11. The second-order valence-electron chi connectivity index (χ2n) is 8.31. The lowest BCUT2D eigenvalue weighted by Gasteiger charge is -2.35. The molecule has 0 spiro atoms. The first-order chi connectivity index (χ1) is 15.5. The predicted octanol–water partition coefficient (Wildman–Crippen LogP) is 6.45. The van der Waals surface area contributed by atoms with E-state index in [1.807, 2.05) is 23.1 Å². The average Bonchev–Trinajstić information content (AvgIpc) is 2.83. The van der Waals surface area contributed by atoms with E-state index in [0.717, 1.165) is 23.4 Å². The Bertz CT molecular complexity index is 1120. The highest BCUT2D eigenvalue weighted by Crippen LogP contribution is 2.38. The second-order valence-corrected chi connectivity index (χ2v) is 8.31. The summed E-state index contributed by atoms with van der Waals surface area (Å²) in [5, 5.41) is 3.75. The molecule has 1 N–H and O–H groups in total. The number of hydrogen-bond donors (Lipinski definition) is 1. The highest BCUT2D eigenvalue weighted by atomic mass is 35.5. The number of methoxy groups -OCH3 is 2. The topological polar surface area (TPSA) is 50.8 Å². The van der Waals surface area contributed by atoms with Crippen LogP contribution in [0.2, 0.25) is 0 Å². The van der Waals surface area contributed by atoms with E-state index in [4.69, 9.17) is 9.47 Å². The van der Waals surface area contributed by atoms with Gasteiger partial charge in [-0.1, -0.05) is 50.2 Å². The number of fused-ring (bicyclic) bond motifs is 1. The van der Waals surface area contributed by atoms with Gasteiger partial charge in [0.2, 0.25) is 0 Å². The van der Waals surface area contributed by atoms with E-state index < -0.39 is 0 Å². The number of amides is 1. The first kappa shape index (κ1) is 24.5. The van der Waals surface area contributed by atoms with Gasteiger partial charge in [-0.25, -0.2) is 0 Å². The molecule has 0 aromatic heterocycles. The molecule has 6 heteroatoms. The van der Waals surface area contributed by atoms with Crippen molar-refractivity contribution in [3.8, 4) is 11.5 Å². The molecule has 1 unspecified atom stereocenters. The molecule has 33 heavy (non-hydrogen) atoms. The number of carbonyl (C=O) groups excluding carboxylic acids is 1. The maximum absolute atomic E-state index is 13.4. The molecule has 0 radical (unpaired) electrons. The minimum Gasteiger partial charge on any atom is -0.493 e. The Morgan fingerprint density at radius 1 is 0.970 bits per heavy atom. The Hall–Kier alpha value is -3.18. The smallest absolute Gasteiger partial charge is 0.258 e. The van der Waals surface area contributed by atoms with Crippen LogP contribution < -0.4 is 19.7 Å². The fourth-order valence-electron chi connectivity index (χ4n) is 4.37. The Kier molecular flexibility index (Phi) is 7.88. The minimum atomic E-state index is -0.0422. The summed E-state index contributed by atoms with van der Waals surface area (Å²) in [6.45, 7) is 5.05. The Morgan fingerprint density at radius 3 is 2.39 bits per heavy atom. The molecule has 1 atom stereocenters. The quantitative estimate of drug-likeness (QED) is 0.453. The van der Waals surface area contributed by atoms with E-state index in [9.17, 15) is 4.79 Å². The maximum Gasteiger partial charge on any atom is 0.258 e. The summed E-state index contributed by atoms with van der Waals surface area (Å²) in [5.74, 6) is 1.55. The molecule has 3 aromatic carbocycles. The normalized spacial score (nSPS) is 14.8. The third-order valence-corrected chi connectivity index (χ3v) is 6.03. The standard InChI is InChI=1S/C27H30N2O3.ClH/c1-18(2)20-9-5-7-11-22(20)28-23-15-16-29(24-12-8-6-10-21(23)24)27(30)19-13-14-25(31-3)26(17-19)32-4;/h5-14,17-18,23,28H,15-16H2,1-4H3;1H. The zero-order chi connectivity index (χ0) is 22.7. The van der Waals surface area contributed by atoms with Crippen molar-refractivity contribution in [3.63, 3.8) is 0 Å². The Labute approximate surface area is 202 Å². The van der Waals surface area contributed by atoms with Crippen LogP contribution >= 0.6 is 12.4 Å². The molecule has 0 fully saturated rings. The third kappa shape index (κ3) is 4.93. The Balaban J connectivity index is 0.00000306. The van der Waals surface area contributed by atoms with Gasteiger partial charge in [0.25, 0.3) is 5.91 Å². The lowest BCUT2D eigenvalue weighted by molar-refractivity contribution is 0.0984. The number of hydrogen-bond acceptors (Lipinski definition) is 4. The number of carbonyl (C=O) groups is 1. The summed E-state index contributed by atoms with van der Waals surface area (Å²) in [7, 11) is 3.17. The van der Waals surface area contributed by atoms with Crippen LogP contribution in [0.1, 0.15) is 53.7 Å². The molecule has 1 amide bonds.